The molecule has 1 saturated heterocycles. The highest BCUT2D eigenvalue weighted by molar-refractivity contribution is 5.97. The fraction of sp³-hybridized carbons (Fsp3) is 0.440. The summed E-state index contributed by atoms with van der Waals surface area (Å²) >= 11 is 0. The molecule has 0 spiro atoms. The summed E-state index contributed by atoms with van der Waals surface area (Å²) in [7, 11) is 0. The van der Waals surface area contributed by atoms with E-state index in [1.807, 2.05) is 24.5 Å². The lowest BCUT2D eigenvalue weighted by Gasteiger charge is -2.43. The average Bonchev–Trinajstić information content (AvgIpc) is 2.78. The molecule has 2 aliphatic heterocycles. The highest BCUT2D eigenvalue weighted by Gasteiger charge is 2.37. The molecule has 3 atom stereocenters. The van der Waals surface area contributed by atoms with Gasteiger partial charge in [-0.15, -0.1) is 0 Å². The molecule has 0 aliphatic carbocycles. The molecular formula is C25H31N5O4. The van der Waals surface area contributed by atoms with Crippen LogP contribution in [0, 0.1) is 11.8 Å². The van der Waals surface area contributed by atoms with Crippen molar-refractivity contribution in [3.8, 4) is 0 Å². The van der Waals surface area contributed by atoms with Crippen LogP contribution in [0.5, 0.6) is 0 Å². The van der Waals surface area contributed by atoms with Crippen molar-refractivity contribution in [1.82, 2.24) is 14.8 Å². The number of hydrogen-bond acceptors (Lipinski definition) is 4. The van der Waals surface area contributed by atoms with Crippen molar-refractivity contribution in [2.24, 2.45) is 11.8 Å². The fourth-order valence-electron chi connectivity index (χ4n) is 4.88. The number of fused-ring (bicyclic) bond motifs is 4. The molecule has 2 aromatic rings. The summed E-state index contributed by atoms with van der Waals surface area (Å²) in [5, 5.41) is 8.45. The van der Waals surface area contributed by atoms with Crippen LogP contribution in [0.3, 0.4) is 0 Å². The van der Waals surface area contributed by atoms with Crippen molar-refractivity contribution < 1.29 is 14.4 Å². The van der Waals surface area contributed by atoms with Gasteiger partial charge in [0.2, 0.25) is 11.8 Å². The summed E-state index contributed by atoms with van der Waals surface area (Å²) in [5.41, 5.74) is 2.20. The van der Waals surface area contributed by atoms with Gasteiger partial charge in [0, 0.05) is 55.6 Å². The molecule has 2 bridgehead atoms. The van der Waals surface area contributed by atoms with Gasteiger partial charge in [0.15, 0.2) is 0 Å². The van der Waals surface area contributed by atoms with E-state index in [9.17, 15) is 19.2 Å². The Bertz CT molecular complexity index is 1140. The maximum absolute atomic E-state index is 13.2. The molecule has 34 heavy (non-hydrogen) atoms. The molecule has 0 saturated carbocycles. The maximum atomic E-state index is 13.2. The minimum absolute atomic E-state index is 0.00625. The number of carbonyl (C=O) groups excluding carboxylic acids is 3. The standard InChI is InChI=1S/C25H31N5O4/c1-15(2)23(24(33)27-20-9-7-19(8-10-20)26-16(3)31)28-25(34)29-12-17-11-18(14-29)21-5-4-6-22(32)30(21)13-17/h4-10,15,17-18,23H,11-14H2,1-3H3,(H,26,31)(H,27,33)(H,28,34)/t17-,18-,23-/m0/s1. The number of amides is 4. The van der Waals surface area contributed by atoms with Crippen LogP contribution in [-0.4, -0.2) is 46.4 Å². The van der Waals surface area contributed by atoms with Crippen LogP contribution in [0.2, 0.25) is 0 Å². The van der Waals surface area contributed by atoms with Crippen LogP contribution in [0.25, 0.3) is 0 Å². The Labute approximate surface area is 198 Å². The van der Waals surface area contributed by atoms with E-state index in [0.717, 1.165) is 12.1 Å². The summed E-state index contributed by atoms with van der Waals surface area (Å²) in [6, 6.07) is 11.1. The number of nitrogens with one attached hydrogen (secondary N) is 3. The number of carbonyl (C=O) groups is 3. The molecule has 9 nitrogen and oxygen atoms in total. The number of urea groups is 1. The Balaban J connectivity index is 1.41. The normalized spacial score (nSPS) is 19.7. The molecule has 0 radical (unpaired) electrons. The van der Waals surface area contributed by atoms with E-state index >= 15 is 0 Å². The summed E-state index contributed by atoms with van der Waals surface area (Å²) in [6.07, 6.45) is 0.954. The molecular weight excluding hydrogens is 434 g/mol. The number of aromatic nitrogens is 1. The third kappa shape index (κ3) is 5.13. The molecule has 3 N–H and O–H groups in total. The van der Waals surface area contributed by atoms with Gasteiger partial charge in [0.05, 0.1) is 0 Å². The fourth-order valence-corrected chi connectivity index (χ4v) is 4.88. The monoisotopic (exact) mass is 465 g/mol. The van der Waals surface area contributed by atoms with Gasteiger partial charge in [-0.3, -0.25) is 14.4 Å². The second-order valence-electron chi connectivity index (χ2n) is 9.52. The lowest BCUT2D eigenvalue weighted by atomic mass is 9.83. The Morgan fingerprint density at radius 1 is 0.941 bits per heavy atom. The van der Waals surface area contributed by atoms with Crippen molar-refractivity contribution in [2.45, 2.75) is 45.7 Å². The quantitative estimate of drug-likeness (QED) is 0.630. The zero-order chi connectivity index (χ0) is 24.4. The minimum atomic E-state index is -0.709. The van der Waals surface area contributed by atoms with Gasteiger partial charge in [0.1, 0.15) is 6.04 Å². The summed E-state index contributed by atoms with van der Waals surface area (Å²) < 4.78 is 1.83. The second-order valence-corrected chi connectivity index (χ2v) is 9.52. The first-order valence-electron chi connectivity index (χ1n) is 11.6. The van der Waals surface area contributed by atoms with E-state index in [1.54, 1.807) is 41.3 Å². The summed E-state index contributed by atoms with van der Waals surface area (Å²) in [6.45, 7) is 6.89. The first-order valence-corrected chi connectivity index (χ1v) is 11.6. The molecule has 1 aromatic heterocycles. The van der Waals surface area contributed by atoms with Crippen LogP contribution < -0.4 is 21.5 Å². The van der Waals surface area contributed by atoms with Gasteiger partial charge in [-0.25, -0.2) is 4.79 Å². The van der Waals surface area contributed by atoms with E-state index in [-0.39, 0.29) is 41.2 Å². The Morgan fingerprint density at radius 2 is 1.62 bits per heavy atom. The lowest BCUT2D eigenvalue weighted by Crippen LogP contribution is -2.56. The van der Waals surface area contributed by atoms with Gasteiger partial charge >= 0.3 is 6.03 Å². The SMILES string of the molecule is CC(=O)Nc1ccc(NC(=O)[C@@H](NC(=O)N2C[C@@H]3C[C@@H](C2)c2cccc(=O)n2C3)C(C)C)cc1. The number of benzene rings is 1. The van der Waals surface area contributed by atoms with Gasteiger partial charge in [0.25, 0.3) is 5.56 Å². The number of likely N-dealkylation sites (tertiary alicyclic amines) is 1. The lowest BCUT2D eigenvalue weighted by molar-refractivity contribution is -0.119. The molecule has 4 rings (SSSR count). The van der Waals surface area contributed by atoms with Gasteiger partial charge in [-0.1, -0.05) is 19.9 Å². The topological polar surface area (TPSA) is 113 Å². The Morgan fingerprint density at radius 3 is 2.26 bits per heavy atom. The number of piperidine rings is 1. The van der Waals surface area contributed by atoms with E-state index in [4.69, 9.17) is 0 Å². The van der Waals surface area contributed by atoms with Crippen LogP contribution >= 0.6 is 0 Å². The van der Waals surface area contributed by atoms with Gasteiger partial charge in [-0.05, 0) is 48.6 Å². The predicted molar refractivity (Wildman–Crippen MR) is 130 cm³/mol. The predicted octanol–water partition coefficient (Wildman–Crippen LogP) is 2.60. The molecule has 1 fully saturated rings. The molecule has 3 heterocycles. The van der Waals surface area contributed by atoms with E-state index < -0.39 is 6.04 Å². The van der Waals surface area contributed by atoms with E-state index in [1.165, 1.54) is 6.92 Å². The van der Waals surface area contributed by atoms with E-state index in [2.05, 4.69) is 16.0 Å². The first kappa shape index (κ1) is 23.5. The number of rotatable bonds is 5. The van der Waals surface area contributed by atoms with Crippen molar-refractivity contribution in [3.63, 3.8) is 0 Å². The van der Waals surface area contributed by atoms with E-state index in [0.29, 0.717) is 31.0 Å². The van der Waals surface area contributed by atoms with Crippen LogP contribution in [0.15, 0.2) is 47.3 Å². The van der Waals surface area contributed by atoms with Crippen LogP contribution in [0.4, 0.5) is 16.2 Å². The zero-order valence-corrected chi connectivity index (χ0v) is 19.7. The smallest absolute Gasteiger partial charge is 0.318 e. The van der Waals surface area contributed by atoms with Gasteiger partial charge in [-0.2, -0.15) is 0 Å². The summed E-state index contributed by atoms with van der Waals surface area (Å²) in [4.78, 5) is 51.3. The first-order chi connectivity index (χ1) is 16.2. The molecule has 1 aromatic carbocycles. The van der Waals surface area contributed by atoms with Crippen molar-refractivity contribution >= 4 is 29.2 Å². The van der Waals surface area contributed by atoms with Crippen molar-refractivity contribution in [1.29, 1.82) is 0 Å². The third-order valence-electron chi connectivity index (χ3n) is 6.47. The molecule has 9 heteroatoms. The molecule has 180 valence electrons. The average molecular weight is 466 g/mol. The molecule has 4 amide bonds. The Hall–Kier alpha value is -3.62. The van der Waals surface area contributed by atoms with Crippen LogP contribution in [0.1, 0.15) is 38.8 Å². The Kier molecular flexibility index (Phi) is 6.72. The third-order valence-corrected chi connectivity index (χ3v) is 6.47. The minimum Gasteiger partial charge on any atom is -0.326 e. The largest absolute Gasteiger partial charge is 0.326 e. The maximum Gasteiger partial charge on any atom is 0.318 e. The highest BCUT2D eigenvalue weighted by Crippen LogP contribution is 2.35. The zero-order valence-electron chi connectivity index (χ0n) is 19.7. The van der Waals surface area contributed by atoms with Crippen LogP contribution in [-0.2, 0) is 16.1 Å². The highest BCUT2D eigenvalue weighted by atomic mass is 16.2. The second kappa shape index (κ2) is 9.70. The van der Waals surface area contributed by atoms with Crippen molar-refractivity contribution in [3.05, 3.63) is 58.5 Å². The number of anilines is 2. The molecule has 2 aliphatic rings. The number of nitrogens with zero attached hydrogens (tertiary/aromatic N) is 2. The van der Waals surface area contributed by atoms with Crippen molar-refractivity contribution in [2.75, 3.05) is 23.7 Å². The number of pyridine rings is 1. The number of hydrogen-bond donors (Lipinski definition) is 3. The molecule has 0 unspecified atom stereocenters. The summed E-state index contributed by atoms with van der Waals surface area (Å²) in [5.74, 6) is -0.265. The van der Waals surface area contributed by atoms with Gasteiger partial charge < -0.3 is 25.4 Å².